The summed E-state index contributed by atoms with van der Waals surface area (Å²) in [6, 6.07) is 26.4. The molecule has 0 spiro atoms. The van der Waals surface area contributed by atoms with E-state index in [0.29, 0.717) is 51.8 Å². The van der Waals surface area contributed by atoms with Crippen LogP contribution in [-0.2, 0) is 10.0 Å². The van der Waals surface area contributed by atoms with E-state index in [9.17, 15) is 13.5 Å². The Morgan fingerprint density at radius 3 is 2.07 bits per heavy atom. The number of ether oxygens (including phenoxy) is 2. The molecule has 0 aliphatic rings. The molecule has 0 aliphatic carbocycles. The summed E-state index contributed by atoms with van der Waals surface area (Å²) in [5.74, 6) is 0.613. The minimum Gasteiger partial charge on any atom is -0.505 e. The molecule has 11 nitrogen and oxygen atoms in total. The number of fused-ring (bicyclic) bond motifs is 1. The van der Waals surface area contributed by atoms with Gasteiger partial charge in [-0.2, -0.15) is 5.11 Å². The van der Waals surface area contributed by atoms with Crippen molar-refractivity contribution in [2.45, 2.75) is 23.1 Å². The summed E-state index contributed by atoms with van der Waals surface area (Å²) in [6.45, 7) is 2.24. The van der Waals surface area contributed by atoms with E-state index in [4.69, 9.17) is 9.47 Å². The summed E-state index contributed by atoms with van der Waals surface area (Å²) >= 11 is 4.57. The van der Waals surface area contributed by atoms with E-state index < -0.39 is 10.0 Å². The van der Waals surface area contributed by atoms with Crippen LogP contribution in [-0.4, -0.2) is 34.3 Å². The Morgan fingerprint density at radius 2 is 1.43 bits per heavy atom. The van der Waals surface area contributed by atoms with Gasteiger partial charge in [0.05, 0.1) is 24.8 Å². The number of hydrogen-bond acceptors (Lipinski definition) is 11. The highest BCUT2D eigenvalue weighted by Gasteiger charge is 2.15. The lowest BCUT2D eigenvalue weighted by atomic mass is 10.1. The summed E-state index contributed by atoms with van der Waals surface area (Å²) in [5, 5.41) is 33.0. The second-order valence-corrected chi connectivity index (χ2v) is 12.3. The third-order valence-corrected chi connectivity index (χ3v) is 8.65. The molecule has 0 unspecified atom stereocenters. The number of nitrogens with zero attached hydrogens (tertiary/aromatic N) is 4. The number of benzene rings is 5. The van der Waals surface area contributed by atoms with Crippen LogP contribution in [0, 0.1) is 0 Å². The second-order valence-electron chi connectivity index (χ2n) is 10.0. The number of methoxy groups -OCH3 is 2. The van der Waals surface area contributed by atoms with Gasteiger partial charge in [0.25, 0.3) is 0 Å². The quantitative estimate of drug-likeness (QED) is 0.0778. The first-order chi connectivity index (χ1) is 22.2. The van der Waals surface area contributed by atoms with E-state index in [1.807, 2.05) is 55.5 Å². The van der Waals surface area contributed by atoms with Crippen LogP contribution < -0.4 is 19.5 Å². The molecule has 0 aromatic heterocycles. The summed E-state index contributed by atoms with van der Waals surface area (Å²) in [6.07, 6.45) is 0.688. The van der Waals surface area contributed by atoms with Gasteiger partial charge < -0.3 is 19.9 Å². The maximum atomic E-state index is 12.3. The van der Waals surface area contributed by atoms with Crippen molar-refractivity contribution in [2.75, 3.05) is 26.1 Å². The highest BCUT2D eigenvalue weighted by atomic mass is 32.2. The molecule has 0 heterocycles. The number of azo groups is 2. The van der Waals surface area contributed by atoms with E-state index in [1.165, 1.54) is 26.4 Å². The summed E-state index contributed by atoms with van der Waals surface area (Å²) < 4.78 is 38.3. The molecule has 0 radical (unpaired) electrons. The number of sulfonamides is 1. The van der Waals surface area contributed by atoms with Crippen LogP contribution in [0.25, 0.3) is 10.8 Å². The molecule has 3 N–H and O–H groups in total. The van der Waals surface area contributed by atoms with Gasteiger partial charge in [0, 0.05) is 40.3 Å². The molecule has 0 amide bonds. The maximum Gasteiger partial charge on any atom is 0.240 e. The zero-order chi connectivity index (χ0) is 32.7. The molecule has 0 bridgehead atoms. The van der Waals surface area contributed by atoms with Crippen LogP contribution in [0.5, 0.6) is 17.2 Å². The predicted molar refractivity (Wildman–Crippen MR) is 182 cm³/mol. The van der Waals surface area contributed by atoms with Gasteiger partial charge in [-0.05, 0) is 72.5 Å². The molecule has 0 saturated heterocycles. The maximum absolute atomic E-state index is 12.3. The highest BCUT2D eigenvalue weighted by molar-refractivity contribution is 7.89. The van der Waals surface area contributed by atoms with Gasteiger partial charge in [-0.15, -0.1) is 28.0 Å². The van der Waals surface area contributed by atoms with E-state index in [2.05, 4.69) is 43.1 Å². The largest absolute Gasteiger partial charge is 0.505 e. The van der Waals surface area contributed by atoms with Gasteiger partial charge in [-0.3, -0.25) is 0 Å². The van der Waals surface area contributed by atoms with Crippen molar-refractivity contribution >= 4 is 67.5 Å². The van der Waals surface area contributed by atoms with Crippen molar-refractivity contribution in [3.63, 3.8) is 0 Å². The standard InChI is InChI=1S/C33H32N6O5S2/c1-4-16-34-46(41,42)25-13-10-23(11-14-25)36-37-27-19-30(44-3)28(20-29(27)43-2)38-39-32-31(45)18-21-17-24(12-15-26(21)33(32)40)35-22-8-6-5-7-9-22/h5-15,17-20,34-35,40,45H,4,16H2,1-3H3. The third-order valence-electron chi connectivity index (χ3n) is 6.83. The van der Waals surface area contributed by atoms with Crippen molar-refractivity contribution in [3.8, 4) is 17.2 Å². The molecule has 0 atom stereocenters. The number of rotatable bonds is 12. The fraction of sp³-hybridized carbons (Fsp3) is 0.152. The van der Waals surface area contributed by atoms with Gasteiger partial charge >= 0.3 is 0 Å². The zero-order valence-corrected chi connectivity index (χ0v) is 27.0. The minimum atomic E-state index is -3.59. The van der Waals surface area contributed by atoms with Crippen LogP contribution in [0.4, 0.5) is 34.1 Å². The van der Waals surface area contributed by atoms with Crippen molar-refractivity contribution < 1.29 is 23.0 Å². The van der Waals surface area contributed by atoms with E-state index >= 15 is 0 Å². The number of phenols is 1. The van der Waals surface area contributed by atoms with Crippen molar-refractivity contribution in [2.24, 2.45) is 20.5 Å². The molecular weight excluding hydrogens is 625 g/mol. The van der Waals surface area contributed by atoms with E-state index in [-0.39, 0.29) is 16.3 Å². The Balaban J connectivity index is 1.39. The van der Waals surface area contributed by atoms with Gasteiger partial charge in [0.1, 0.15) is 28.6 Å². The molecule has 0 fully saturated rings. The Labute approximate surface area is 272 Å². The average molecular weight is 657 g/mol. The van der Waals surface area contributed by atoms with Gasteiger partial charge in [-0.25, -0.2) is 13.1 Å². The van der Waals surface area contributed by atoms with Crippen molar-refractivity contribution in [3.05, 3.63) is 91.0 Å². The van der Waals surface area contributed by atoms with Crippen molar-refractivity contribution in [1.29, 1.82) is 0 Å². The predicted octanol–water partition coefficient (Wildman–Crippen LogP) is 9.11. The Hall–Kier alpha value is -4.98. The molecule has 0 saturated carbocycles. The third kappa shape index (κ3) is 7.45. The number of aromatic hydroxyl groups is 1. The Kier molecular flexibility index (Phi) is 10.2. The number of nitrogens with one attached hydrogen (secondary N) is 2. The lowest BCUT2D eigenvalue weighted by Crippen LogP contribution is -2.24. The lowest BCUT2D eigenvalue weighted by Gasteiger charge is -2.11. The molecule has 236 valence electrons. The first kappa shape index (κ1) is 32.4. The Morgan fingerprint density at radius 1 is 0.783 bits per heavy atom. The Bertz CT molecular complexity index is 2020. The summed E-state index contributed by atoms with van der Waals surface area (Å²) in [5.41, 5.74) is 3.11. The topological polar surface area (TPSA) is 146 Å². The number of hydrogen-bond donors (Lipinski definition) is 4. The zero-order valence-electron chi connectivity index (χ0n) is 25.3. The van der Waals surface area contributed by atoms with Gasteiger partial charge in [-0.1, -0.05) is 25.1 Å². The molecule has 46 heavy (non-hydrogen) atoms. The summed E-state index contributed by atoms with van der Waals surface area (Å²) in [4.78, 5) is 0.572. The number of anilines is 2. The fourth-order valence-corrected chi connectivity index (χ4v) is 5.90. The van der Waals surface area contributed by atoms with Crippen LogP contribution in [0.1, 0.15) is 13.3 Å². The van der Waals surface area contributed by atoms with E-state index in [1.54, 1.807) is 30.3 Å². The monoisotopic (exact) mass is 656 g/mol. The first-order valence-electron chi connectivity index (χ1n) is 14.2. The molecule has 0 aliphatic heterocycles. The second kappa shape index (κ2) is 14.4. The molecular formula is C33H32N6O5S2. The van der Waals surface area contributed by atoms with Crippen LogP contribution in [0.3, 0.4) is 0 Å². The first-order valence-corrected chi connectivity index (χ1v) is 16.2. The lowest BCUT2D eigenvalue weighted by molar-refractivity contribution is 0.405. The minimum absolute atomic E-state index is 0.0613. The van der Waals surface area contributed by atoms with Crippen LogP contribution in [0.2, 0.25) is 0 Å². The van der Waals surface area contributed by atoms with Gasteiger partial charge in [0.2, 0.25) is 10.0 Å². The van der Waals surface area contributed by atoms with Crippen molar-refractivity contribution in [1.82, 2.24) is 4.72 Å². The molecule has 5 rings (SSSR count). The number of thiol groups is 1. The molecule has 5 aromatic rings. The van der Waals surface area contributed by atoms with Crippen LogP contribution >= 0.6 is 12.6 Å². The highest BCUT2D eigenvalue weighted by Crippen LogP contribution is 2.44. The van der Waals surface area contributed by atoms with E-state index in [0.717, 1.165) is 16.8 Å². The fourth-order valence-electron chi connectivity index (χ4n) is 4.48. The smallest absolute Gasteiger partial charge is 0.240 e. The molecule has 13 heteroatoms. The average Bonchev–Trinajstić information content (AvgIpc) is 3.06. The number of phenolic OH excluding ortho intramolecular Hbond substituents is 1. The number of para-hydroxylation sites is 1. The van der Waals surface area contributed by atoms with Gasteiger partial charge in [0.15, 0.2) is 5.75 Å². The normalized spacial score (nSPS) is 11.8. The SMILES string of the molecule is CCCNS(=O)(=O)c1ccc(N=Nc2cc(OC)c(N=Nc3c(S)cc4cc(Nc5ccccc5)ccc4c3O)cc2OC)cc1. The van der Waals surface area contributed by atoms with Crippen LogP contribution in [0.15, 0.2) is 121 Å². The summed E-state index contributed by atoms with van der Waals surface area (Å²) in [7, 11) is -0.630. The molecule has 5 aromatic carbocycles.